The molecule has 2 heterocycles. The van der Waals surface area contributed by atoms with Crippen LogP contribution in [0.25, 0.3) is 5.69 Å². The fraction of sp³-hybridized carbons (Fsp3) is 0.105. The van der Waals surface area contributed by atoms with Gasteiger partial charge in [0.15, 0.2) is 0 Å². The molecule has 3 rings (SSSR count). The maximum atomic E-state index is 12.0. The van der Waals surface area contributed by atoms with Gasteiger partial charge in [0.2, 0.25) is 0 Å². The molecule has 0 atom stereocenters. The number of amides is 1. The molecule has 0 spiro atoms. The number of rotatable bonds is 5. The lowest BCUT2D eigenvalue weighted by Gasteiger charge is -2.10. The molecule has 3 aromatic rings. The van der Waals surface area contributed by atoms with Crippen LogP contribution in [0, 0.1) is 6.92 Å². The van der Waals surface area contributed by atoms with Gasteiger partial charge in [0.25, 0.3) is 5.91 Å². The van der Waals surface area contributed by atoms with Crippen LogP contribution in [0.5, 0.6) is 5.75 Å². The van der Waals surface area contributed by atoms with Crippen LogP contribution in [0.2, 0.25) is 0 Å². The van der Waals surface area contributed by atoms with Crippen molar-refractivity contribution in [2.75, 3.05) is 7.11 Å². The van der Waals surface area contributed by atoms with Crippen molar-refractivity contribution in [2.24, 2.45) is 5.10 Å². The van der Waals surface area contributed by atoms with E-state index < -0.39 is 0 Å². The van der Waals surface area contributed by atoms with E-state index in [-0.39, 0.29) is 5.91 Å². The highest BCUT2D eigenvalue weighted by molar-refractivity contribution is 5.94. The summed E-state index contributed by atoms with van der Waals surface area (Å²) in [5.74, 6) is 0.520. The van der Waals surface area contributed by atoms with Crippen molar-refractivity contribution in [3.05, 3.63) is 77.9 Å². The van der Waals surface area contributed by atoms with Gasteiger partial charge in [-0.1, -0.05) is 0 Å². The van der Waals surface area contributed by atoms with Crippen LogP contribution in [0.15, 0.2) is 66.0 Å². The van der Waals surface area contributed by atoms with Crippen molar-refractivity contribution >= 4 is 12.1 Å². The minimum Gasteiger partial charge on any atom is -0.497 e. The first-order valence-corrected chi connectivity index (χ1v) is 7.75. The van der Waals surface area contributed by atoms with Crippen LogP contribution in [-0.4, -0.2) is 28.8 Å². The fourth-order valence-electron chi connectivity index (χ4n) is 2.47. The molecule has 0 unspecified atom stereocenters. The third-order valence-corrected chi connectivity index (χ3v) is 3.74. The molecule has 0 aliphatic rings. The van der Waals surface area contributed by atoms with E-state index in [0.717, 1.165) is 22.8 Å². The number of methoxy groups -OCH3 is 1. The molecule has 1 aromatic carbocycles. The number of ether oxygens (including phenoxy) is 1. The summed E-state index contributed by atoms with van der Waals surface area (Å²) in [7, 11) is 1.64. The summed E-state index contributed by atoms with van der Waals surface area (Å²) in [6.45, 7) is 2.01. The van der Waals surface area contributed by atoms with Gasteiger partial charge in [-0.05, 0) is 55.5 Å². The molecule has 126 valence electrons. The van der Waals surface area contributed by atoms with Gasteiger partial charge >= 0.3 is 0 Å². The van der Waals surface area contributed by atoms with E-state index in [0.29, 0.717) is 5.56 Å². The maximum absolute atomic E-state index is 12.0. The number of carbonyl (C=O) groups is 1. The Labute approximate surface area is 145 Å². The lowest BCUT2D eigenvalue weighted by Crippen LogP contribution is -2.17. The largest absolute Gasteiger partial charge is 0.497 e. The lowest BCUT2D eigenvalue weighted by atomic mass is 10.3. The van der Waals surface area contributed by atoms with Crippen molar-refractivity contribution < 1.29 is 9.53 Å². The summed E-state index contributed by atoms with van der Waals surface area (Å²) < 4.78 is 7.24. The smallest absolute Gasteiger partial charge is 0.271 e. The number of hydrazone groups is 1. The molecule has 2 aromatic heterocycles. The summed E-state index contributed by atoms with van der Waals surface area (Å²) in [5, 5.41) is 4.06. The molecular weight excluding hydrogens is 316 g/mol. The second kappa shape index (κ2) is 7.44. The highest BCUT2D eigenvalue weighted by atomic mass is 16.5. The molecule has 0 aliphatic heterocycles. The number of carbonyl (C=O) groups excluding carboxylic acids is 1. The summed E-state index contributed by atoms with van der Waals surface area (Å²) >= 11 is 0. The Morgan fingerprint density at radius 3 is 2.52 bits per heavy atom. The van der Waals surface area contributed by atoms with E-state index in [1.807, 2.05) is 47.9 Å². The zero-order valence-corrected chi connectivity index (χ0v) is 14.0. The van der Waals surface area contributed by atoms with Gasteiger partial charge < -0.3 is 9.30 Å². The highest BCUT2D eigenvalue weighted by Crippen LogP contribution is 2.19. The molecule has 25 heavy (non-hydrogen) atoms. The number of hydrogen-bond acceptors (Lipinski definition) is 4. The van der Waals surface area contributed by atoms with Gasteiger partial charge in [-0.15, -0.1) is 0 Å². The fourth-order valence-corrected chi connectivity index (χ4v) is 2.47. The number of nitrogens with one attached hydrogen (secondary N) is 1. The van der Waals surface area contributed by atoms with E-state index >= 15 is 0 Å². The molecular formula is C19H18N4O2. The third kappa shape index (κ3) is 3.74. The molecule has 0 bridgehead atoms. The number of benzene rings is 1. The Bertz CT molecular complexity index is 884. The lowest BCUT2D eigenvalue weighted by molar-refractivity contribution is 0.0955. The van der Waals surface area contributed by atoms with Crippen LogP contribution >= 0.6 is 0 Å². The SMILES string of the molecule is COc1ccc(-n2c(C)ccc2/C=N/NC(=O)c2ccncc2)cc1. The first-order valence-electron chi connectivity index (χ1n) is 7.75. The quantitative estimate of drug-likeness (QED) is 0.576. The van der Waals surface area contributed by atoms with Crippen molar-refractivity contribution in [1.29, 1.82) is 0 Å². The number of aromatic nitrogens is 2. The zero-order chi connectivity index (χ0) is 17.6. The Balaban J connectivity index is 1.78. The van der Waals surface area contributed by atoms with Gasteiger partial charge in [-0.3, -0.25) is 9.78 Å². The highest BCUT2D eigenvalue weighted by Gasteiger charge is 2.07. The Morgan fingerprint density at radius 2 is 1.84 bits per heavy atom. The monoisotopic (exact) mass is 334 g/mol. The standard InChI is InChI=1S/C19H18N4O2/c1-14-3-4-17(23(14)16-5-7-18(25-2)8-6-16)13-21-22-19(24)15-9-11-20-12-10-15/h3-13H,1-2H3,(H,22,24)/b21-13+. The summed E-state index contributed by atoms with van der Waals surface area (Å²) in [5.41, 5.74) is 5.94. The van der Waals surface area contributed by atoms with Crippen molar-refractivity contribution in [3.63, 3.8) is 0 Å². The van der Waals surface area contributed by atoms with E-state index in [2.05, 4.69) is 15.5 Å². The van der Waals surface area contributed by atoms with E-state index in [1.54, 1.807) is 37.9 Å². The molecule has 0 saturated carbocycles. The van der Waals surface area contributed by atoms with Gasteiger partial charge in [0.05, 0.1) is 19.0 Å². The normalized spacial score (nSPS) is 10.8. The first kappa shape index (κ1) is 16.4. The topological polar surface area (TPSA) is 68.5 Å². The van der Waals surface area contributed by atoms with Crippen molar-refractivity contribution in [3.8, 4) is 11.4 Å². The van der Waals surface area contributed by atoms with Crippen molar-refractivity contribution in [1.82, 2.24) is 15.0 Å². The number of nitrogens with zero attached hydrogens (tertiary/aromatic N) is 3. The minimum atomic E-state index is -0.280. The first-order chi connectivity index (χ1) is 12.2. The third-order valence-electron chi connectivity index (χ3n) is 3.74. The summed E-state index contributed by atoms with van der Waals surface area (Å²) in [4.78, 5) is 15.9. The molecule has 0 radical (unpaired) electrons. The summed E-state index contributed by atoms with van der Waals surface area (Å²) in [6, 6.07) is 15.0. The van der Waals surface area contributed by atoms with Gasteiger partial charge in [-0.25, -0.2) is 5.43 Å². The molecule has 1 amide bonds. The molecule has 1 N–H and O–H groups in total. The van der Waals surface area contributed by atoms with Crippen LogP contribution in [0.4, 0.5) is 0 Å². The predicted octanol–water partition coefficient (Wildman–Crippen LogP) is 2.95. The predicted molar refractivity (Wildman–Crippen MR) is 96.4 cm³/mol. The summed E-state index contributed by atoms with van der Waals surface area (Å²) in [6.07, 6.45) is 4.75. The molecule has 0 fully saturated rings. The second-order valence-corrected chi connectivity index (χ2v) is 5.37. The van der Waals surface area contributed by atoms with Gasteiger partial charge in [0, 0.05) is 29.3 Å². The average molecular weight is 334 g/mol. The Hall–Kier alpha value is -3.41. The van der Waals surface area contributed by atoms with E-state index in [9.17, 15) is 4.79 Å². The number of pyridine rings is 1. The Morgan fingerprint density at radius 1 is 1.12 bits per heavy atom. The molecule has 6 heteroatoms. The molecule has 0 aliphatic carbocycles. The second-order valence-electron chi connectivity index (χ2n) is 5.37. The van der Waals surface area contributed by atoms with E-state index in [1.165, 1.54) is 0 Å². The zero-order valence-electron chi connectivity index (χ0n) is 14.0. The van der Waals surface area contributed by atoms with Crippen LogP contribution < -0.4 is 10.2 Å². The van der Waals surface area contributed by atoms with E-state index in [4.69, 9.17) is 4.74 Å². The van der Waals surface area contributed by atoms with Gasteiger partial charge in [-0.2, -0.15) is 5.10 Å². The molecule has 0 saturated heterocycles. The minimum absolute atomic E-state index is 0.280. The van der Waals surface area contributed by atoms with Crippen LogP contribution in [0.3, 0.4) is 0 Å². The number of hydrogen-bond donors (Lipinski definition) is 1. The van der Waals surface area contributed by atoms with Crippen LogP contribution in [0.1, 0.15) is 21.7 Å². The van der Waals surface area contributed by atoms with Gasteiger partial charge in [0.1, 0.15) is 5.75 Å². The van der Waals surface area contributed by atoms with Crippen LogP contribution in [-0.2, 0) is 0 Å². The maximum Gasteiger partial charge on any atom is 0.271 e. The molecule has 6 nitrogen and oxygen atoms in total. The average Bonchev–Trinajstić information content (AvgIpc) is 3.03. The Kier molecular flexibility index (Phi) is 4.89. The number of aryl methyl sites for hydroxylation is 1. The van der Waals surface area contributed by atoms with Crippen molar-refractivity contribution in [2.45, 2.75) is 6.92 Å².